The molecule has 11 N–H and O–H groups in total. The number of rotatable bonds is 19. The first kappa shape index (κ1) is 38.8. The van der Waals surface area contributed by atoms with Crippen molar-refractivity contribution in [2.24, 2.45) is 39.8 Å². The smallest absolute Gasteiger partial charge is 0.245 e. The minimum absolute atomic E-state index is 0.000660. The number of benzene rings is 1. The zero-order chi connectivity index (χ0) is 34.3. The third-order valence-corrected chi connectivity index (χ3v) is 7.07. The predicted octanol–water partition coefficient (Wildman–Crippen LogP) is -0.511. The van der Waals surface area contributed by atoms with Crippen molar-refractivity contribution in [3.05, 3.63) is 35.9 Å². The fourth-order valence-electron chi connectivity index (χ4n) is 4.67. The Kier molecular flexibility index (Phi) is 16.6. The van der Waals surface area contributed by atoms with Crippen LogP contribution in [0.5, 0.6) is 0 Å². The Balaban J connectivity index is 3.23. The Hall–Kier alpha value is -4.20. The van der Waals surface area contributed by atoms with Crippen LogP contribution in [-0.2, 0) is 30.4 Å². The first-order chi connectivity index (χ1) is 21.0. The molecule has 5 amide bonds. The number of likely N-dealkylation sites (N-methyl/N-ethyl adjacent to an activating group) is 1. The number of nitrogens with two attached hydrogens (primary N) is 4. The van der Waals surface area contributed by atoms with Crippen LogP contribution >= 0.6 is 0 Å². The molecule has 0 fully saturated rings. The van der Waals surface area contributed by atoms with Crippen LogP contribution in [0.3, 0.4) is 0 Å². The molecule has 0 aliphatic heterocycles. The van der Waals surface area contributed by atoms with Gasteiger partial charge in [0.15, 0.2) is 5.96 Å². The third kappa shape index (κ3) is 14.4. The lowest BCUT2D eigenvalue weighted by Gasteiger charge is -2.33. The van der Waals surface area contributed by atoms with Crippen molar-refractivity contribution in [1.82, 2.24) is 20.9 Å². The molecule has 0 unspecified atom stereocenters. The van der Waals surface area contributed by atoms with Crippen molar-refractivity contribution in [3.63, 3.8) is 0 Å². The number of amides is 5. The number of carbonyl (C=O) groups is 5. The Morgan fingerprint density at radius 2 is 1.33 bits per heavy atom. The fraction of sp³-hybridized carbons (Fsp3) is 0.613. The molecule has 0 aromatic heterocycles. The summed E-state index contributed by atoms with van der Waals surface area (Å²) in [7, 11) is 1.49. The SMILES string of the molecule is CC(C)C[C@H](NC(=O)[C@H](Cc1ccccc1)NC(=O)[C@H](C)N)C(=O)N(C)[C@@H](CC(C)C)C(=O)N[C@@H](CCCN=C(N)N)C(N)=O. The number of hydrogen-bond acceptors (Lipinski definition) is 7. The molecular formula is C31H53N9O5. The molecule has 45 heavy (non-hydrogen) atoms. The molecule has 5 atom stereocenters. The van der Waals surface area contributed by atoms with Gasteiger partial charge in [0, 0.05) is 20.0 Å². The average molecular weight is 632 g/mol. The van der Waals surface area contributed by atoms with Crippen molar-refractivity contribution in [3.8, 4) is 0 Å². The molecule has 1 aromatic rings. The molecule has 14 heteroatoms. The van der Waals surface area contributed by atoms with Gasteiger partial charge in [-0.15, -0.1) is 0 Å². The van der Waals surface area contributed by atoms with Crippen molar-refractivity contribution in [2.45, 2.75) is 96.9 Å². The first-order valence-electron chi connectivity index (χ1n) is 15.3. The van der Waals surface area contributed by atoms with Gasteiger partial charge in [0.2, 0.25) is 29.5 Å². The van der Waals surface area contributed by atoms with Crippen molar-refractivity contribution in [2.75, 3.05) is 13.6 Å². The molecule has 0 bridgehead atoms. The van der Waals surface area contributed by atoms with Crippen LogP contribution in [0.4, 0.5) is 0 Å². The maximum Gasteiger partial charge on any atom is 0.245 e. The van der Waals surface area contributed by atoms with Crippen molar-refractivity contribution in [1.29, 1.82) is 0 Å². The summed E-state index contributed by atoms with van der Waals surface area (Å²) in [6, 6.07) is 4.36. The predicted molar refractivity (Wildman–Crippen MR) is 174 cm³/mol. The third-order valence-electron chi connectivity index (χ3n) is 7.07. The monoisotopic (exact) mass is 631 g/mol. The Morgan fingerprint density at radius 3 is 1.84 bits per heavy atom. The summed E-state index contributed by atoms with van der Waals surface area (Å²) in [5.41, 5.74) is 22.8. The van der Waals surface area contributed by atoms with Crippen LogP contribution < -0.4 is 38.9 Å². The molecule has 1 aromatic carbocycles. The van der Waals surface area contributed by atoms with Crippen molar-refractivity contribution >= 4 is 35.5 Å². The van der Waals surface area contributed by atoms with Gasteiger partial charge in [0.25, 0.3) is 0 Å². The van der Waals surface area contributed by atoms with E-state index in [2.05, 4.69) is 20.9 Å². The second-order valence-corrected chi connectivity index (χ2v) is 12.2. The maximum absolute atomic E-state index is 13.9. The summed E-state index contributed by atoms with van der Waals surface area (Å²) in [6.45, 7) is 9.39. The van der Waals surface area contributed by atoms with E-state index in [-0.39, 0.29) is 50.0 Å². The molecule has 0 aliphatic rings. The topological polar surface area (TPSA) is 241 Å². The number of guanidine groups is 1. The number of hydrogen-bond donors (Lipinski definition) is 7. The van der Waals surface area contributed by atoms with Crippen LogP contribution in [0.15, 0.2) is 35.3 Å². The normalized spacial score (nSPS) is 14.4. The highest BCUT2D eigenvalue weighted by atomic mass is 16.2. The van der Waals surface area contributed by atoms with E-state index in [1.54, 1.807) is 0 Å². The Labute approximate surface area is 266 Å². The van der Waals surface area contributed by atoms with Crippen LogP contribution in [0.25, 0.3) is 0 Å². The standard InChI is InChI=1S/C31H53N9O5/c1-18(2)15-24(39-28(43)23(38-27(42)20(5)32)17-21-11-8-7-9-12-21)30(45)40(6)25(16-19(3)4)29(44)37-22(26(33)41)13-10-14-36-31(34)35/h7-9,11-12,18-20,22-25H,10,13-17,32H2,1-6H3,(H2,33,41)(H,37,44)(H,38,42)(H,39,43)(H4,34,35,36)/t20-,22-,23-,24-,25-/m0/s1. The molecule has 0 radical (unpaired) electrons. The largest absolute Gasteiger partial charge is 0.370 e. The van der Waals surface area contributed by atoms with E-state index in [1.165, 1.54) is 18.9 Å². The van der Waals surface area contributed by atoms with Crippen LogP contribution in [0.1, 0.15) is 65.9 Å². The van der Waals surface area contributed by atoms with E-state index in [0.29, 0.717) is 6.42 Å². The molecule has 252 valence electrons. The summed E-state index contributed by atoms with van der Waals surface area (Å²) >= 11 is 0. The molecular weight excluding hydrogens is 578 g/mol. The Bertz CT molecular complexity index is 1150. The molecule has 0 heterocycles. The van der Waals surface area contributed by atoms with Crippen molar-refractivity contribution < 1.29 is 24.0 Å². The minimum atomic E-state index is -0.998. The van der Waals surface area contributed by atoms with E-state index in [1.807, 2.05) is 58.0 Å². The lowest BCUT2D eigenvalue weighted by atomic mass is 9.97. The van der Waals surface area contributed by atoms with Crippen LogP contribution in [-0.4, -0.2) is 84.2 Å². The van der Waals surface area contributed by atoms with Gasteiger partial charge in [0.1, 0.15) is 24.2 Å². The average Bonchev–Trinajstić information content (AvgIpc) is 2.95. The summed E-state index contributed by atoms with van der Waals surface area (Å²) < 4.78 is 0. The number of aliphatic imine (C=N–C) groups is 1. The molecule has 0 saturated carbocycles. The summed E-state index contributed by atoms with van der Waals surface area (Å²) in [6.07, 6.45) is 1.34. The first-order valence-corrected chi connectivity index (χ1v) is 15.3. The van der Waals surface area contributed by atoms with E-state index < -0.39 is 59.7 Å². The summed E-state index contributed by atoms with van der Waals surface area (Å²) in [5, 5.41) is 8.19. The fourth-order valence-corrected chi connectivity index (χ4v) is 4.67. The number of carbonyl (C=O) groups excluding carboxylic acids is 5. The van der Waals surface area contributed by atoms with Crippen LogP contribution in [0, 0.1) is 11.8 Å². The molecule has 1 rings (SSSR count). The number of nitrogens with one attached hydrogen (secondary N) is 3. The van der Waals surface area contributed by atoms with Gasteiger partial charge in [-0.25, -0.2) is 0 Å². The molecule has 0 saturated heterocycles. The van der Waals surface area contributed by atoms with E-state index in [0.717, 1.165) is 5.56 Å². The van der Waals surface area contributed by atoms with Gasteiger partial charge in [-0.2, -0.15) is 0 Å². The Morgan fingerprint density at radius 1 is 0.778 bits per heavy atom. The van der Waals surface area contributed by atoms with Gasteiger partial charge in [-0.05, 0) is 50.0 Å². The highest BCUT2D eigenvalue weighted by molar-refractivity contribution is 5.95. The zero-order valence-corrected chi connectivity index (χ0v) is 27.4. The minimum Gasteiger partial charge on any atom is -0.370 e. The highest BCUT2D eigenvalue weighted by Gasteiger charge is 2.35. The molecule has 0 aliphatic carbocycles. The quantitative estimate of drug-likeness (QED) is 0.0594. The van der Waals surface area contributed by atoms with E-state index in [9.17, 15) is 24.0 Å². The van der Waals surface area contributed by atoms with Gasteiger partial charge >= 0.3 is 0 Å². The number of primary amides is 1. The van der Waals surface area contributed by atoms with Crippen LogP contribution in [0.2, 0.25) is 0 Å². The summed E-state index contributed by atoms with van der Waals surface area (Å²) in [5.74, 6) is -2.91. The van der Waals surface area contributed by atoms with E-state index >= 15 is 0 Å². The van der Waals surface area contributed by atoms with Gasteiger partial charge in [-0.3, -0.25) is 29.0 Å². The molecule has 0 spiro atoms. The zero-order valence-electron chi connectivity index (χ0n) is 27.4. The molecule has 14 nitrogen and oxygen atoms in total. The summed E-state index contributed by atoms with van der Waals surface area (Å²) in [4.78, 5) is 70.9. The highest BCUT2D eigenvalue weighted by Crippen LogP contribution is 2.16. The maximum atomic E-state index is 13.9. The second-order valence-electron chi connectivity index (χ2n) is 12.2. The second kappa shape index (κ2) is 19.2. The lowest BCUT2D eigenvalue weighted by molar-refractivity contribution is -0.143. The van der Waals surface area contributed by atoms with E-state index in [4.69, 9.17) is 22.9 Å². The lowest BCUT2D eigenvalue weighted by Crippen LogP contribution is -2.59. The van der Waals surface area contributed by atoms with Gasteiger partial charge < -0.3 is 43.8 Å². The number of nitrogens with zero attached hydrogens (tertiary/aromatic N) is 2. The van der Waals surface area contributed by atoms with Gasteiger partial charge in [0.05, 0.1) is 6.04 Å². The van der Waals surface area contributed by atoms with Gasteiger partial charge in [-0.1, -0.05) is 58.0 Å².